The summed E-state index contributed by atoms with van der Waals surface area (Å²) < 4.78 is 27.3. The molecular formula is C14H10ClF2NO2. The summed E-state index contributed by atoms with van der Waals surface area (Å²) in [5, 5.41) is 12.2. The van der Waals surface area contributed by atoms with Crippen molar-refractivity contribution in [3.63, 3.8) is 0 Å². The molecule has 0 spiro atoms. The molecule has 0 aliphatic carbocycles. The number of rotatable bonds is 4. The van der Waals surface area contributed by atoms with Crippen molar-refractivity contribution in [1.82, 2.24) is 0 Å². The largest absolute Gasteiger partial charge is 0.479 e. The van der Waals surface area contributed by atoms with E-state index in [1.807, 2.05) is 0 Å². The second-order valence-corrected chi connectivity index (χ2v) is 4.49. The van der Waals surface area contributed by atoms with Gasteiger partial charge in [0.25, 0.3) is 0 Å². The number of aliphatic carboxylic acids is 1. The van der Waals surface area contributed by atoms with Gasteiger partial charge in [0.2, 0.25) is 0 Å². The normalized spacial score (nSPS) is 11.9. The number of hydrogen-bond acceptors (Lipinski definition) is 2. The molecule has 2 rings (SSSR count). The van der Waals surface area contributed by atoms with Crippen molar-refractivity contribution in [3.05, 3.63) is 64.7 Å². The molecule has 0 heterocycles. The first-order valence-electron chi connectivity index (χ1n) is 5.68. The molecule has 1 atom stereocenters. The number of nitrogens with one attached hydrogen (secondary N) is 1. The van der Waals surface area contributed by atoms with Gasteiger partial charge in [-0.05, 0) is 36.4 Å². The Hall–Kier alpha value is -2.14. The Morgan fingerprint density at radius 3 is 2.15 bits per heavy atom. The molecule has 2 N–H and O–H groups in total. The van der Waals surface area contributed by atoms with Gasteiger partial charge in [0.15, 0.2) is 6.04 Å². The maximum atomic E-state index is 13.7. The molecule has 1 unspecified atom stereocenters. The van der Waals surface area contributed by atoms with Crippen LogP contribution in [0.3, 0.4) is 0 Å². The molecule has 0 aliphatic heterocycles. The summed E-state index contributed by atoms with van der Waals surface area (Å²) in [6.45, 7) is 0. The van der Waals surface area contributed by atoms with E-state index in [0.29, 0.717) is 10.7 Å². The van der Waals surface area contributed by atoms with E-state index < -0.39 is 29.2 Å². The topological polar surface area (TPSA) is 49.3 Å². The van der Waals surface area contributed by atoms with E-state index in [-0.39, 0.29) is 0 Å². The maximum Gasteiger partial charge on any atom is 0.331 e. The third-order valence-electron chi connectivity index (χ3n) is 2.69. The fraction of sp³-hybridized carbons (Fsp3) is 0.0714. The standard InChI is InChI=1S/C14H10ClF2NO2/c15-8-4-6-9(7-5-8)18-13(14(19)20)12-10(16)2-1-3-11(12)17/h1-7,13,18H,(H,19,20). The minimum atomic E-state index is -1.53. The molecule has 0 aliphatic rings. The van der Waals surface area contributed by atoms with Gasteiger partial charge in [-0.15, -0.1) is 0 Å². The van der Waals surface area contributed by atoms with Crippen LogP contribution in [0.1, 0.15) is 11.6 Å². The van der Waals surface area contributed by atoms with Crippen LogP contribution < -0.4 is 5.32 Å². The lowest BCUT2D eigenvalue weighted by molar-refractivity contribution is -0.138. The Labute approximate surface area is 118 Å². The molecule has 0 aromatic heterocycles. The Kier molecular flexibility index (Phi) is 4.20. The van der Waals surface area contributed by atoms with Crippen LogP contribution in [-0.2, 0) is 4.79 Å². The molecule has 0 fully saturated rings. The van der Waals surface area contributed by atoms with E-state index in [0.717, 1.165) is 12.1 Å². The number of benzene rings is 2. The van der Waals surface area contributed by atoms with Gasteiger partial charge in [-0.25, -0.2) is 13.6 Å². The van der Waals surface area contributed by atoms with Crippen LogP contribution >= 0.6 is 11.6 Å². The Balaban J connectivity index is 2.37. The van der Waals surface area contributed by atoms with Crippen molar-refractivity contribution in [2.24, 2.45) is 0 Å². The number of hydrogen-bond donors (Lipinski definition) is 2. The Bertz CT molecular complexity index is 611. The SMILES string of the molecule is O=C(O)C(Nc1ccc(Cl)cc1)c1c(F)cccc1F. The zero-order valence-corrected chi connectivity index (χ0v) is 10.9. The summed E-state index contributed by atoms with van der Waals surface area (Å²) in [5.41, 5.74) is -0.139. The third-order valence-corrected chi connectivity index (χ3v) is 2.94. The minimum absolute atomic E-state index is 0.393. The van der Waals surface area contributed by atoms with Gasteiger partial charge in [0.1, 0.15) is 11.6 Å². The van der Waals surface area contributed by atoms with Gasteiger partial charge < -0.3 is 10.4 Å². The van der Waals surface area contributed by atoms with E-state index in [4.69, 9.17) is 16.7 Å². The molecule has 0 saturated carbocycles. The van der Waals surface area contributed by atoms with Crippen LogP contribution in [0, 0.1) is 11.6 Å². The monoisotopic (exact) mass is 297 g/mol. The second kappa shape index (κ2) is 5.88. The molecule has 3 nitrogen and oxygen atoms in total. The number of anilines is 1. The quantitative estimate of drug-likeness (QED) is 0.901. The summed E-state index contributed by atoms with van der Waals surface area (Å²) in [7, 11) is 0. The number of halogens is 3. The first-order valence-corrected chi connectivity index (χ1v) is 6.05. The lowest BCUT2D eigenvalue weighted by Gasteiger charge is -2.17. The van der Waals surface area contributed by atoms with E-state index >= 15 is 0 Å². The van der Waals surface area contributed by atoms with Crippen LogP contribution in [0.4, 0.5) is 14.5 Å². The molecule has 0 radical (unpaired) electrons. The molecule has 0 saturated heterocycles. The van der Waals surface area contributed by atoms with Gasteiger partial charge in [0.05, 0.1) is 5.56 Å². The molecule has 2 aromatic rings. The summed E-state index contributed by atoms with van der Waals surface area (Å²) in [6.07, 6.45) is 0. The smallest absolute Gasteiger partial charge is 0.331 e. The first kappa shape index (κ1) is 14.3. The maximum absolute atomic E-state index is 13.7. The van der Waals surface area contributed by atoms with Gasteiger partial charge in [-0.2, -0.15) is 0 Å². The fourth-order valence-corrected chi connectivity index (χ4v) is 1.88. The summed E-state index contributed by atoms with van der Waals surface area (Å²) >= 11 is 5.71. The molecule has 0 amide bonds. The van der Waals surface area contributed by atoms with Crippen LogP contribution in [0.15, 0.2) is 42.5 Å². The average Bonchev–Trinajstić information content (AvgIpc) is 2.39. The summed E-state index contributed by atoms with van der Waals surface area (Å²) in [6, 6.07) is 7.80. The molecule has 2 aromatic carbocycles. The fourth-order valence-electron chi connectivity index (χ4n) is 1.76. The predicted molar refractivity (Wildman–Crippen MR) is 71.8 cm³/mol. The van der Waals surface area contributed by atoms with Gasteiger partial charge in [0, 0.05) is 10.7 Å². The average molecular weight is 298 g/mol. The van der Waals surface area contributed by atoms with Crippen molar-refractivity contribution in [2.75, 3.05) is 5.32 Å². The number of carbonyl (C=O) groups is 1. The molecular weight excluding hydrogens is 288 g/mol. The number of carboxylic acids is 1. The van der Waals surface area contributed by atoms with Gasteiger partial charge in [-0.1, -0.05) is 17.7 Å². The Morgan fingerprint density at radius 2 is 1.65 bits per heavy atom. The summed E-state index contributed by atoms with van der Waals surface area (Å²) in [5.74, 6) is -3.22. The highest BCUT2D eigenvalue weighted by molar-refractivity contribution is 6.30. The van der Waals surface area contributed by atoms with E-state index in [9.17, 15) is 13.6 Å². The number of carboxylic acid groups (broad SMARTS) is 1. The zero-order chi connectivity index (χ0) is 14.7. The van der Waals surface area contributed by atoms with Crippen molar-refractivity contribution >= 4 is 23.3 Å². The van der Waals surface area contributed by atoms with Crippen molar-refractivity contribution in [3.8, 4) is 0 Å². The second-order valence-electron chi connectivity index (χ2n) is 4.06. The van der Waals surface area contributed by atoms with Crippen molar-refractivity contribution < 1.29 is 18.7 Å². The minimum Gasteiger partial charge on any atom is -0.479 e. The Morgan fingerprint density at radius 1 is 1.10 bits per heavy atom. The van der Waals surface area contributed by atoms with E-state index in [1.54, 1.807) is 12.1 Å². The van der Waals surface area contributed by atoms with Crippen molar-refractivity contribution in [2.45, 2.75) is 6.04 Å². The lowest BCUT2D eigenvalue weighted by atomic mass is 10.1. The zero-order valence-electron chi connectivity index (χ0n) is 10.1. The van der Waals surface area contributed by atoms with Crippen LogP contribution in [0.25, 0.3) is 0 Å². The predicted octanol–water partition coefficient (Wildman–Crippen LogP) is 3.86. The van der Waals surface area contributed by atoms with Crippen molar-refractivity contribution in [1.29, 1.82) is 0 Å². The van der Waals surface area contributed by atoms with Gasteiger partial charge in [-0.3, -0.25) is 0 Å². The highest BCUT2D eigenvalue weighted by atomic mass is 35.5. The molecule has 6 heteroatoms. The molecule has 0 bridgehead atoms. The van der Waals surface area contributed by atoms with E-state index in [1.165, 1.54) is 18.2 Å². The third kappa shape index (κ3) is 3.05. The highest BCUT2D eigenvalue weighted by Crippen LogP contribution is 2.25. The van der Waals surface area contributed by atoms with Crippen LogP contribution in [0.2, 0.25) is 5.02 Å². The van der Waals surface area contributed by atoms with Crippen LogP contribution in [-0.4, -0.2) is 11.1 Å². The van der Waals surface area contributed by atoms with Gasteiger partial charge >= 0.3 is 5.97 Å². The molecule has 20 heavy (non-hydrogen) atoms. The highest BCUT2D eigenvalue weighted by Gasteiger charge is 2.26. The lowest BCUT2D eigenvalue weighted by Crippen LogP contribution is -2.23. The summed E-state index contributed by atoms with van der Waals surface area (Å²) in [4.78, 5) is 11.3. The first-order chi connectivity index (χ1) is 9.49. The van der Waals surface area contributed by atoms with E-state index in [2.05, 4.69) is 5.32 Å². The van der Waals surface area contributed by atoms with Crippen LogP contribution in [0.5, 0.6) is 0 Å². The molecule has 104 valence electrons.